The Balaban J connectivity index is 1.69. The lowest BCUT2D eigenvalue weighted by atomic mass is 10.1. The number of benzene rings is 2. The van der Waals surface area contributed by atoms with Gasteiger partial charge in [-0.05, 0) is 42.7 Å². The fourth-order valence-corrected chi connectivity index (χ4v) is 2.99. The molecule has 24 heavy (non-hydrogen) atoms. The van der Waals surface area contributed by atoms with Crippen LogP contribution in [0.25, 0.3) is 0 Å². The molecular formula is C20H22N2O2. The Kier molecular flexibility index (Phi) is 4.65. The molecule has 1 atom stereocenters. The number of para-hydroxylation sites is 1. The lowest BCUT2D eigenvalue weighted by molar-refractivity contribution is -0.122. The molecule has 1 heterocycles. The second-order valence-corrected chi connectivity index (χ2v) is 6.23. The summed E-state index contributed by atoms with van der Waals surface area (Å²) in [6, 6.07) is 15.6. The summed E-state index contributed by atoms with van der Waals surface area (Å²) in [7, 11) is 0. The number of aryl methyl sites for hydroxylation is 2. The molecule has 0 bridgehead atoms. The molecule has 2 aromatic carbocycles. The highest BCUT2D eigenvalue weighted by Gasteiger charge is 2.35. The molecule has 0 radical (unpaired) electrons. The molecule has 0 unspecified atom stereocenters. The minimum absolute atomic E-state index is 0.00387. The first-order valence-electron chi connectivity index (χ1n) is 8.34. The molecule has 0 saturated carbocycles. The van der Waals surface area contributed by atoms with Crippen LogP contribution in [0.1, 0.15) is 24.5 Å². The Hall–Kier alpha value is -2.62. The van der Waals surface area contributed by atoms with Crippen LogP contribution in [0, 0.1) is 12.8 Å². The van der Waals surface area contributed by atoms with E-state index in [1.807, 2.05) is 55.5 Å². The van der Waals surface area contributed by atoms with Crippen LogP contribution in [0.4, 0.5) is 11.4 Å². The van der Waals surface area contributed by atoms with Crippen LogP contribution in [0.5, 0.6) is 0 Å². The van der Waals surface area contributed by atoms with Crippen LogP contribution in [0.15, 0.2) is 48.5 Å². The van der Waals surface area contributed by atoms with E-state index >= 15 is 0 Å². The lowest BCUT2D eigenvalue weighted by Gasteiger charge is -2.17. The maximum absolute atomic E-state index is 12.5. The van der Waals surface area contributed by atoms with Crippen molar-refractivity contribution in [3.63, 3.8) is 0 Å². The Bertz CT molecular complexity index is 752. The summed E-state index contributed by atoms with van der Waals surface area (Å²) in [5.74, 6) is -0.405. The Morgan fingerprint density at radius 1 is 1.17 bits per heavy atom. The largest absolute Gasteiger partial charge is 0.326 e. The summed E-state index contributed by atoms with van der Waals surface area (Å²) in [5, 5.41) is 2.95. The van der Waals surface area contributed by atoms with Gasteiger partial charge in [-0.25, -0.2) is 0 Å². The minimum atomic E-state index is -0.317. The smallest absolute Gasteiger partial charge is 0.229 e. The molecule has 124 valence electrons. The number of carbonyl (C=O) groups excluding carboxylic acids is 2. The average Bonchev–Trinajstić information content (AvgIpc) is 2.99. The van der Waals surface area contributed by atoms with Crippen molar-refractivity contribution in [3.8, 4) is 0 Å². The predicted molar refractivity (Wildman–Crippen MR) is 96.1 cm³/mol. The molecule has 1 fully saturated rings. The van der Waals surface area contributed by atoms with E-state index < -0.39 is 0 Å². The zero-order valence-corrected chi connectivity index (χ0v) is 14.1. The van der Waals surface area contributed by atoms with Gasteiger partial charge in [-0.3, -0.25) is 9.59 Å². The van der Waals surface area contributed by atoms with Crippen LogP contribution in [0.2, 0.25) is 0 Å². The van der Waals surface area contributed by atoms with Crippen LogP contribution in [0.3, 0.4) is 0 Å². The summed E-state index contributed by atoms with van der Waals surface area (Å²) >= 11 is 0. The number of anilines is 2. The maximum Gasteiger partial charge on any atom is 0.229 e. The van der Waals surface area contributed by atoms with Gasteiger partial charge in [-0.15, -0.1) is 0 Å². The molecule has 4 nitrogen and oxygen atoms in total. The topological polar surface area (TPSA) is 49.4 Å². The van der Waals surface area contributed by atoms with Gasteiger partial charge in [0.1, 0.15) is 0 Å². The second-order valence-electron chi connectivity index (χ2n) is 6.23. The zero-order valence-electron chi connectivity index (χ0n) is 14.1. The number of carbonyl (C=O) groups is 2. The Labute approximate surface area is 142 Å². The van der Waals surface area contributed by atoms with Crippen molar-refractivity contribution in [2.45, 2.75) is 26.7 Å². The molecule has 1 saturated heterocycles. The molecule has 1 aliphatic rings. The summed E-state index contributed by atoms with van der Waals surface area (Å²) in [5.41, 5.74) is 3.92. The monoisotopic (exact) mass is 322 g/mol. The first kappa shape index (κ1) is 16.2. The Morgan fingerprint density at radius 2 is 1.88 bits per heavy atom. The van der Waals surface area contributed by atoms with Gasteiger partial charge >= 0.3 is 0 Å². The van der Waals surface area contributed by atoms with Crippen molar-refractivity contribution in [2.24, 2.45) is 5.92 Å². The molecule has 3 rings (SSSR count). The van der Waals surface area contributed by atoms with E-state index in [0.29, 0.717) is 6.54 Å². The fourth-order valence-electron chi connectivity index (χ4n) is 2.99. The van der Waals surface area contributed by atoms with E-state index in [0.717, 1.165) is 23.4 Å². The number of hydrogen-bond donors (Lipinski definition) is 1. The van der Waals surface area contributed by atoms with Gasteiger partial charge in [0.25, 0.3) is 0 Å². The third kappa shape index (κ3) is 3.32. The van der Waals surface area contributed by atoms with Crippen LogP contribution >= 0.6 is 0 Å². The zero-order chi connectivity index (χ0) is 17.1. The van der Waals surface area contributed by atoms with Gasteiger partial charge in [-0.2, -0.15) is 0 Å². The quantitative estimate of drug-likeness (QED) is 0.936. The highest BCUT2D eigenvalue weighted by Crippen LogP contribution is 2.26. The highest BCUT2D eigenvalue weighted by atomic mass is 16.2. The molecule has 4 heteroatoms. The Morgan fingerprint density at radius 3 is 2.54 bits per heavy atom. The van der Waals surface area contributed by atoms with Gasteiger partial charge < -0.3 is 10.2 Å². The molecule has 1 N–H and O–H groups in total. The number of hydrogen-bond acceptors (Lipinski definition) is 2. The van der Waals surface area contributed by atoms with Gasteiger partial charge in [-0.1, -0.05) is 37.3 Å². The van der Waals surface area contributed by atoms with Gasteiger partial charge in [0.05, 0.1) is 5.92 Å². The number of amides is 2. The van der Waals surface area contributed by atoms with Crippen LogP contribution in [-0.4, -0.2) is 18.4 Å². The first-order chi connectivity index (χ1) is 11.6. The SMILES string of the molecule is CCc1ccc(N2C[C@H](C(=O)Nc3ccccc3C)CC2=O)cc1. The van der Waals surface area contributed by atoms with Crippen molar-refractivity contribution in [1.82, 2.24) is 0 Å². The minimum Gasteiger partial charge on any atom is -0.326 e. The second kappa shape index (κ2) is 6.87. The standard InChI is InChI=1S/C20H22N2O2/c1-3-15-8-10-17(11-9-15)22-13-16(12-19(22)23)20(24)21-18-7-5-4-6-14(18)2/h4-11,16H,3,12-13H2,1-2H3,(H,21,24)/t16-/m1/s1. The van der Waals surface area contributed by atoms with Crippen molar-refractivity contribution >= 4 is 23.2 Å². The first-order valence-corrected chi connectivity index (χ1v) is 8.34. The van der Waals surface area contributed by atoms with E-state index in [2.05, 4.69) is 12.2 Å². The van der Waals surface area contributed by atoms with Crippen molar-refractivity contribution in [2.75, 3.05) is 16.8 Å². The molecule has 2 amide bonds. The van der Waals surface area contributed by atoms with Crippen molar-refractivity contribution in [3.05, 3.63) is 59.7 Å². The molecule has 0 aromatic heterocycles. The molecular weight excluding hydrogens is 300 g/mol. The number of rotatable bonds is 4. The molecule has 1 aliphatic heterocycles. The van der Waals surface area contributed by atoms with E-state index in [1.54, 1.807) is 4.90 Å². The fraction of sp³-hybridized carbons (Fsp3) is 0.300. The average molecular weight is 322 g/mol. The number of nitrogens with zero attached hydrogens (tertiary/aromatic N) is 1. The van der Waals surface area contributed by atoms with Crippen LogP contribution in [-0.2, 0) is 16.0 Å². The maximum atomic E-state index is 12.5. The van der Waals surface area contributed by atoms with E-state index in [-0.39, 0.29) is 24.2 Å². The van der Waals surface area contributed by atoms with E-state index in [9.17, 15) is 9.59 Å². The normalized spacial score (nSPS) is 17.2. The van der Waals surface area contributed by atoms with E-state index in [1.165, 1.54) is 5.56 Å². The predicted octanol–water partition coefficient (Wildman–Crippen LogP) is 3.55. The summed E-state index contributed by atoms with van der Waals surface area (Å²) in [6.45, 7) is 4.49. The molecule has 2 aromatic rings. The summed E-state index contributed by atoms with van der Waals surface area (Å²) in [6.07, 6.45) is 1.23. The third-order valence-corrected chi connectivity index (χ3v) is 4.56. The third-order valence-electron chi connectivity index (χ3n) is 4.56. The van der Waals surface area contributed by atoms with Crippen molar-refractivity contribution in [1.29, 1.82) is 0 Å². The number of nitrogens with one attached hydrogen (secondary N) is 1. The summed E-state index contributed by atoms with van der Waals surface area (Å²) < 4.78 is 0. The van der Waals surface area contributed by atoms with Gasteiger partial charge in [0, 0.05) is 24.3 Å². The summed E-state index contributed by atoms with van der Waals surface area (Å²) in [4.78, 5) is 26.5. The van der Waals surface area contributed by atoms with Crippen LogP contribution < -0.4 is 10.2 Å². The van der Waals surface area contributed by atoms with Gasteiger partial charge in [0.2, 0.25) is 11.8 Å². The van der Waals surface area contributed by atoms with Gasteiger partial charge in [0.15, 0.2) is 0 Å². The highest BCUT2D eigenvalue weighted by molar-refractivity contribution is 6.03. The van der Waals surface area contributed by atoms with Crippen molar-refractivity contribution < 1.29 is 9.59 Å². The lowest BCUT2D eigenvalue weighted by Crippen LogP contribution is -2.28. The molecule has 0 spiro atoms. The van der Waals surface area contributed by atoms with E-state index in [4.69, 9.17) is 0 Å². The molecule has 0 aliphatic carbocycles.